The lowest BCUT2D eigenvalue weighted by Crippen LogP contribution is -2.48. The van der Waals surface area contributed by atoms with Crippen molar-refractivity contribution < 1.29 is 14.6 Å². The van der Waals surface area contributed by atoms with Crippen LogP contribution in [0, 0.1) is 0 Å². The lowest BCUT2D eigenvalue weighted by Gasteiger charge is -2.35. The predicted octanol–water partition coefficient (Wildman–Crippen LogP) is 1.76. The van der Waals surface area contributed by atoms with Crippen molar-refractivity contribution in [1.82, 2.24) is 10.2 Å². The molecule has 2 saturated heterocycles. The quantitative estimate of drug-likeness (QED) is 0.890. The van der Waals surface area contributed by atoms with E-state index in [0.29, 0.717) is 23.4 Å². The maximum atomic E-state index is 12.6. The summed E-state index contributed by atoms with van der Waals surface area (Å²) in [5.41, 5.74) is 0.337. The molecule has 5 nitrogen and oxygen atoms in total. The van der Waals surface area contributed by atoms with Gasteiger partial charge in [-0.3, -0.25) is 4.79 Å². The zero-order valence-corrected chi connectivity index (χ0v) is 12.5. The van der Waals surface area contributed by atoms with Crippen molar-refractivity contribution >= 4 is 5.91 Å². The van der Waals surface area contributed by atoms with E-state index in [1.54, 1.807) is 17.0 Å². The Labute approximate surface area is 124 Å². The van der Waals surface area contributed by atoms with E-state index in [0.717, 1.165) is 12.8 Å². The van der Waals surface area contributed by atoms with Crippen molar-refractivity contribution in [3.63, 3.8) is 0 Å². The maximum absolute atomic E-state index is 12.6. The zero-order valence-electron chi connectivity index (χ0n) is 12.5. The zero-order chi connectivity index (χ0) is 15.0. The highest BCUT2D eigenvalue weighted by Crippen LogP contribution is 2.31. The topological polar surface area (TPSA) is 61.8 Å². The van der Waals surface area contributed by atoms with E-state index in [1.807, 2.05) is 7.05 Å². The number of methoxy groups -OCH3 is 1. The molecule has 0 radical (unpaired) electrons. The molecule has 21 heavy (non-hydrogen) atoms. The number of hydrogen-bond donors (Lipinski definition) is 2. The molecular formula is C16H22N2O3. The van der Waals surface area contributed by atoms with Crippen LogP contribution in [0.3, 0.4) is 0 Å². The molecule has 1 amide bonds. The number of benzene rings is 1. The largest absolute Gasteiger partial charge is 0.507 e. The predicted molar refractivity (Wildman–Crippen MR) is 79.7 cm³/mol. The van der Waals surface area contributed by atoms with Gasteiger partial charge < -0.3 is 20.1 Å². The Hall–Kier alpha value is -1.75. The minimum Gasteiger partial charge on any atom is -0.507 e. The fourth-order valence-corrected chi connectivity index (χ4v) is 3.52. The Balaban J connectivity index is 1.75. The molecule has 5 heteroatoms. The van der Waals surface area contributed by atoms with Crippen LogP contribution in [0.5, 0.6) is 11.5 Å². The Bertz CT molecular complexity index is 534. The first-order valence-electron chi connectivity index (χ1n) is 7.48. The van der Waals surface area contributed by atoms with Crippen LogP contribution in [-0.2, 0) is 0 Å². The van der Waals surface area contributed by atoms with Gasteiger partial charge in [-0.05, 0) is 37.8 Å². The summed E-state index contributed by atoms with van der Waals surface area (Å²) in [5.74, 6) is 0.399. The second kappa shape index (κ2) is 5.56. The van der Waals surface area contributed by atoms with Crippen molar-refractivity contribution in [3.05, 3.63) is 23.8 Å². The molecule has 114 valence electrons. The average Bonchev–Trinajstić information content (AvgIpc) is 2.84. The number of aromatic hydroxyl groups is 1. The highest BCUT2D eigenvalue weighted by Gasteiger charge is 2.36. The van der Waals surface area contributed by atoms with E-state index < -0.39 is 0 Å². The van der Waals surface area contributed by atoms with Crippen LogP contribution in [0.1, 0.15) is 36.0 Å². The van der Waals surface area contributed by atoms with Gasteiger partial charge in [-0.2, -0.15) is 0 Å². The van der Waals surface area contributed by atoms with Crippen molar-refractivity contribution in [3.8, 4) is 11.5 Å². The minimum absolute atomic E-state index is 0.0249. The SMILES string of the molecule is COc1ccc(C(=O)N(C)C2CC3CCC(C2)N3)c(O)c1. The smallest absolute Gasteiger partial charge is 0.257 e. The summed E-state index contributed by atoms with van der Waals surface area (Å²) in [6.45, 7) is 0. The van der Waals surface area contributed by atoms with Crippen molar-refractivity contribution in [2.75, 3.05) is 14.2 Å². The molecule has 0 spiro atoms. The van der Waals surface area contributed by atoms with E-state index in [2.05, 4.69) is 5.32 Å². The first-order valence-corrected chi connectivity index (χ1v) is 7.48. The molecular weight excluding hydrogens is 268 g/mol. The molecule has 2 heterocycles. The summed E-state index contributed by atoms with van der Waals surface area (Å²) < 4.78 is 5.05. The summed E-state index contributed by atoms with van der Waals surface area (Å²) >= 11 is 0. The Morgan fingerprint density at radius 1 is 1.33 bits per heavy atom. The summed E-state index contributed by atoms with van der Waals surface area (Å²) in [6, 6.07) is 6.13. The van der Waals surface area contributed by atoms with Gasteiger partial charge in [-0.15, -0.1) is 0 Å². The number of carbonyl (C=O) groups is 1. The maximum Gasteiger partial charge on any atom is 0.257 e. The van der Waals surface area contributed by atoms with Crippen LogP contribution in [0.4, 0.5) is 0 Å². The Morgan fingerprint density at radius 3 is 2.57 bits per heavy atom. The van der Waals surface area contributed by atoms with E-state index in [1.165, 1.54) is 26.0 Å². The summed E-state index contributed by atoms with van der Waals surface area (Å²) in [6.07, 6.45) is 4.40. The van der Waals surface area contributed by atoms with Gasteiger partial charge in [0.1, 0.15) is 11.5 Å². The molecule has 2 N–H and O–H groups in total. The highest BCUT2D eigenvalue weighted by molar-refractivity contribution is 5.97. The van der Waals surface area contributed by atoms with Gasteiger partial charge >= 0.3 is 0 Å². The Kier molecular flexibility index (Phi) is 3.76. The number of nitrogens with zero attached hydrogens (tertiary/aromatic N) is 1. The molecule has 0 saturated carbocycles. The fourth-order valence-electron chi connectivity index (χ4n) is 3.52. The number of amides is 1. The van der Waals surface area contributed by atoms with Crippen LogP contribution in [-0.4, -0.2) is 48.2 Å². The van der Waals surface area contributed by atoms with E-state index in [4.69, 9.17) is 4.74 Å². The van der Waals surface area contributed by atoms with Crippen molar-refractivity contribution in [2.24, 2.45) is 0 Å². The lowest BCUT2D eigenvalue weighted by molar-refractivity contribution is 0.0678. The van der Waals surface area contributed by atoms with Crippen LogP contribution >= 0.6 is 0 Å². The van der Waals surface area contributed by atoms with Gasteiger partial charge in [0.2, 0.25) is 0 Å². The van der Waals surface area contributed by atoms with Gasteiger partial charge in [0.05, 0.1) is 12.7 Å². The molecule has 2 fully saturated rings. The van der Waals surface area contributed by atoms with Crippen LogP contribution in [0.15, 0.2) is 18.2 Å². The Morgan fingerprint density at radius 2 is 2.00 bits per heavy atom. The third kappa shape index (κ3) is 2.70. The third-order valence-corrected chi connectivity index (χ3v) is 4.75. The van der Waals surface area contributed by atoms with Crippen LogP contribution in [0.2, 0.25) is 0 Å². The van der Waals surface area contributed by atoms with E-state index in [9.17, 15) is 9.90 Å². The number of phenols is 1. The number of piperidine rings is 1. The number of fused-ring (bicyclic) bond motifs is 2. The standard InChI is InChI=1S/C16H22N2O3/c1-18(12-7-10-3-4-11(8-12)17-10)16(20)14-6-5-13(21-2)9-15(14)19/h5-6,9-12,17,19H,3-4,7-8H2,1-2H3. The normalized spacial score (nSPS) is 27.4. The molecule has 2 aliphatic heterocycles. The van der Waals surface area contributed by atoms with Gasteiger partial charge in [0.25, 0.3) is 5.91 Å². The van der Waals surface area contributed by atoms with E-state index in [-0.39, 0.29) is 17.7 Å². The summed E-state index contributed by atoms with van der Waals surface area (Å²) in [4.78, 5) is 14.4. The lowest BCUT2D eigenvalue weighted by atomic mass is 9.98. The molecule has 1 aromatic carbocycles. The van der Waals surface area contributed by atoms with Crippen LogP contribution in [0.25, 0.3) is 0 Å². The van der Waals surface area contributed by atoms with Gasteiger partial charge in [-0.25, -0.2) is 0 Å². The third-order valence-electron chi connectivity index (χ3n) is 4.75. The van der Waals surface area contributed by atoms with E-state index >= 15 is 0 Å². The monoisotopic (exact) mass is 290 g/mol. The van der Waals surface area contributed by atoms with Gasteiger partial charge in [0.15, 0.2) is 0 Å². The van der Waals surface area contributed by atoms with Crippen molar-refractivity contribution in [1.29, 1.82) is 0 Å². The molecule has 0 aromatic heterocycles. The first-order chi connectivity index (χ1) is 10.1. The molecule has 2 bridgehead atoms. The van der Waals surface area contributed by atoms with Gasteiger partial charge in [-0.1, -0.05) is 0 Å². The number of carbonyl (C=O) groups excluding carboxylic acids is 1. The summed E-state index contributed by atoms with van der Waals surface area (Å²) in [7, 11) is 3.37. The fraction of sp³-hybridized carbons (Fsp3) is 0.562. The first kappa shape index (κ1) is 14.2. The molecule has 0 aliphatic carbocycles. The molecule has 3 rings (SSSR count). The molecule has 1 aromatic rings. The summed E-state index contributed by atoms with van der Waals surface area (Å²) in [5, 5.41) is 13.6. The highest BCUT2D eigenvalue weighted by atomic mass is 16.5. The molecule has 2 aliphatic rings. The minimum atomic E-state index is -0.124. The number of hydrogen-bond acceptors (Lipinski definition) is 4. The molecule has 2 unspecified atom stereocenters. The number of ether oxygens (including phenoxy) is 1. The number of phenolic OH excluding ortho intramolecular Hbond substituents is 1. The molecule has 2 atom stereocenters. The number of nitrogens with one attached hydrogen (secondary N) is 1. The average molecular weight is 290 g/mol. The number of rotatable bonds is 3. The second-order valence-corrected chi connectivity index (χ2v) is 6.06. The van der Waals surface area contributed by atoms with Crippen LogP contribution < -0.4 is 10.1 Å². The second-order valence-electron chi connectivity index (χ2n) is 6.06. The van der Waals surface area contributed by atoms with Crippen molar-refractivity contribution in [2.45, 2.75) is 43.8 Å². The van der Waals surface area contributed by atoms with Gasteiger partial charge in [0, 0.05) is 31.2 Å².